The number of hydrogen-bond donors (Lipinski definition) is 1. The minimum Gasteiger partial charge on any atom is -0.377 e. The predicted molar refractivity (Wildman–Crippen MR) is 133 cm³/mol. The molecule has 0 radical (unpaired) electrons. The maximum atomic E-state index is 14.0. The number of aryl methyl sites for hydroxylation is 3. The molecule has 1 aliphatic rings. The zero-order valence-corrected chi connectivity index (χ0v) is 20.9. The van der Waals surface area contributed by atoms with Crippen molar-refractivity contribution in [3.05, 3.63) is 62.9 Å². The molecule has 1 N–H and O–H groups in total. The highest BCUT2D eigenvalue weighted by molar-refractivity contribution is 7.89. The summed E-state index contributed by atoms with van der Waals surface area (Å²) in [4.78, 5) is 16.0. The van der Waals surface area contributed by atoms with Gasteiger partial charge in [-0.05, 0) is 80.0 Å². The summed E-state index contributed by atoms with van der Waals surface area (Å²) in [5, 5.41) is 0.870. The van der Waals surface area contributed by atoms with Crippen molar-refractivity contribution in [1.29, 1.82) is 0 Å². The largest absolute Gasteiger partial charge is 0.377 e. The van der Waals surface area contributed by atoms with Crippen LogP contribution in [-0.4, -0.2) is 45.7 Å². The molecule has 4 aromatic rings. The highest BCUT2D eigenvalue weighted by atomic mass is 32.2. The molecule has 178 valence electrons. The minimum atomic E-state index is -3.99. The summed E-state index contributed by atoms with van der Waals surface area (Å²) in [6.07, 6.45) is 1.45. The summed E-state index contributed by atoms with van der Waals surface area (Å²) < 4.78 is 43.7. The lowest BCUT2D eigenvalue weighted by Gasteiger charge is -2.25. The Hall–Kier alpha value is -2.66. The lowest BCUT2D eigenvalue weighted by molar-refractivity contribution is 0.0925. The number of H-pyrrole nitrogens is 1. The molecule has 3 heterocycles. The van der Waals surface area contributed by atoms with Crippen molar-refractivity contribution in [3.8, 4) is 0 Å². The van der Waals surface area contributed by atoms with E-state index < -0.39 is 10.0 Å². The van der Waals surface area contributed by atoms with Crippen LogP contribution < -0.4 is 5.56 Å². The second kappa shape index (κ2) is 8.84. The third-order valence-electron chi connectivity index (χ3n) is 6.49. The number of hydrogen-bond acceptors (Lipinski definition) is 7. The van der Waals surface area contributed by atoms with E-state index in [2.05, 4.69) is 13.7 Å². The maximum absolute atomic E-state index is 14.0. The molecule has 2 aromatic heterocycles. The summed E-state index contributed by atoms with van der Waals surface area (Å²) in [6, 6.07) is 9.26. The number of sulfonamides is 1. The molecule has 0 amide bonds. The predicted octanol–water partition coefficient (Wildman–Crippen LogP) is 3.83. The fourth-order valence-corrected chi connectivity index (χ4v) is 6.88. The Morgan fingerprint density at radius 1 is 1.12 bits per heavy atom. The number of nitrogens with zero attached hydrogens (tertiary/aromatic N) is 3. The molecular weight excluding hydrogens is 472 g/mol. The van der Waals surface area contributed by atoms with E-state index in [9.17, 15) is 13.2 Å². The molecule has 0 spiro atoms. The standard InChI is InChI=1S/C24H26N4O4S2/c1-14-6-7-20-22(27-33-26-20)23(14)34(30,31)28(13-19-5-4-8-32-19)12-18-11-17-9-15(2)16(3)10-21(17)25-24(18)29/h6-7,9-11,19H,4-5,8,12-13H2,1-3H3,(H,25,29). The minimum absolute atomic E-state index is 0.0617. The summed E-state index contributed by atoms with van der Waals surface area (Å²) in [6.45, 7) is 6.47. The van der Waals surface area contributed by atoms with Gasteiger partial charge in [-0.15, -0.1) is 0 Å². The molecule has 1 aliphatic heterocycles. The first kappa shape index (κ1) is 23.1. The first-order valence-electron chi connectivity index (χ1n) is 11.2. The maximum Gasteiger partial charge on any atom is 0.252 e. The van der Waals surface area contributed by atoms with E-state index in [1.165, 1.54) is 4.31 Å². The van der Waals surface area contributed by atoms with Gasteiger partial charge < -0.3 is 9.72 Å². The Morgan fingerprint density at radius 2 is 1.91 bits per heavy atom. The lowest BCUT2D eigenvalue weighted by atomic mass is 10.0. The number of nitrogens with one attached hydrogen (secondary N) is 1. The van der Waals surface area contributed by atoms with Gasteiger partial charge in [-0.2, -0.15) is 13.1 Å². The van der Waals surface area contributed by atoms with Crippen LogP contribution in [0.3, 0.4) is 0 Å². The first-order chi connectivity index (χ1) is 16.2. The van der Waals surface area contributed by atoms with Crippen molar-refractivity contribution in [1.82, 2.24) is 18.0 Å². The van der Waals surface area contributed by atoms with E-state index in [4.69, 9.17) is 4.74 Å². The molecule has 2 aromatic carbocycles. The van der Waals surface area contributed by atoms with E-state index in [0.29, 0.717) is 28.8 Å². The van der Waals surface area contributed by atoms with Crippen LogP contribution >= 0.6 is 11.7 Å². The van der Waals surface area contributed by atoms with Gasteiger partial charge in [-0.3, -0.25) is 4.79 Å². The lowest BCUT2D eigenvalue weighted by Crippen LogP contribution is -2.38. The van der Waals surface area contributed by atoms with Crippen LogP contribution in [0.2, 0.25) is 0 Å². The Morgan fingerprint density at radius 3 is 2.68 bits per heavy atom. The molecule has 0 aliphatic carbocycles. The zero-order valence-electron chi connectivity index (χ0n) is 19.3. The van der Waals surface area contributed by atoms with E-state index in [0.717, 1.165) is 46.6 Å². The van der Waals surface area contributed by atoms with Crippen LogP contribution in [0.25, 0.3) is 21.9 Å². The Kier molecular flexibility index (Phi) is 6.01. The van der Waals surface area contributed by atoms with Crippen LogP contribution in [0.5, 0.6) is 0 Å². The smallest absolute Gasteiger partial charge is 0.252 e. The van der Waals surface area contributed by atoms with Gasteiger partial charge in [0, 0.05) is 30.8 Å². The molecule has 0 saturated carbocycles. The van der Waals surface area contributed by atoms with Gasteiger partial charge in [0.25, 0.3) is 5.56 Å². The average Bonchev–Trinajstić information content (AvgIpc) is 3.46. The summed E-state index contributed by atoms with van der Waals surface area (Å²) in [5.74, 6) is 0. The fraction of sp³-hybridized carbons (Fsp3) is 0.375. The van der Waals surface area contributed by atoms with Crippen LogP contribution in [0.15, 0.2) is 40.0 Å². The molecule has 10 heteroatoms. The van der Waals surface area contributed by atoms with Crippen molar-refractivity contribution in [2.24, 2.45) is 0 Å². The van der Waals surface area contributed by atoms with E-state index >= 15 is 0 Å². The SMILES string of the molecule is Cc1cc2cc(CN(CC3CCCO3)S(=O)(=O)c3c(C)ccc4nsnc34)c(=O)[nH]c2cc1C. The van der Waals surface area contributed by atoms with Gasteiger partial charge in [-0.1, -0.05) is 6.07 Å². The normalized spacial score (nSPS) is 16.8. The van der Waals surface area contributed by atoms with Gasteiger partial charge in [0.1, 0.15) is 15.9 Å². The quantitative estimate of drug-likeness (QED) is 0.433. The van der Waals surface area contributed by atoms with Gasteiger partial charge in [0.15, 0.2) is 0 Å². The topological polar surface area (TPSA) is 105 Å². The van der Waals surface area contributed by atoms with Crippen molar-refractivity contribution in [2.75, 3.05) is 13.2 Å². The number of fused-ring (bicyclic) bond motifs is 2. The summed E-state index contributed by atoms with van der Waals surface area (Å²) in [7, 11) is -3.99. The number of rotatable bonds is 6. The van der Waals surface area contributed by atoms with Gasteiger partial charge in [-0.25, -0.2) is 8.42 Å². The van der Waals surface area contributed by atoms with Crippen LogP contribution in [0.4, 0.5) is 0 Å². The molecular formula is C24H26N4O4S2. The first-order valence-corrected chi connectivity index (χ1v) is 13.4. The molecule has 1 atom stereocenters. The molecule has 5 rings (SSSR count). The highest BCUT2D eigenvalue weighted by Gasteiger charge is 2.33. The Bertz CT molecular complexity index is 1550. The Balaban J connectivity index is 1.61. The number of aromatic amines is 1. The van der Waals surface area contributed by atoms with Gasteiger partial charge in [0.05, 0.1) is 17.8 Å². The molecule has 34 heavy (non-hydrogen) atoms. The van der Waals surface area contributed by atoms with Gasteiger partial charge in [0.2, 0.25) is 10.0 Å². The third kappa shape index (κ3) is 4.15. The number of ether oxygens (including phenoxy) is 1. The van der Waals surface area contributed by atoms with Gasteiger partial charge >= 0.3 is 0 Å². The van der Waals surface area contributed by atoms with E-state index in [1.807, 2.05) is 26.0 Å². The van der Waals surface area contributed by atoms with E-state index in [-0.39, 0.29) is 29.6 Å². The summed E-state index contributed by atoms with van der Waals surface area (Å²) >= 11 is 0.984. The van der Waals surface area contributed by atoms with Crippen molar-refractivity contribution >= 4 is 43.7 Å². The molecule has 1 unspecified atom stereocenters. The Labute approximate surface area is 202 Å². The highest BCUT2D eigenvalue weighted by Crippen LogP contribution is 2.30. The number of pyridine rings is 1. The zero-order chi connectivity index (χ0) is 24.0. The second-order valence-corrected chi connectivity index (χ2v) is 11.3. The van der Waals surface area contributed by atoms with Crippen LogP contribution in [-0.2, 0) is 21.3 Å². The average molecular weight is 499 g/mol. The van der Waals surface area contributed by atoms with Crippen molar-refractivity contribution < 1.29 is 13.2 Å². The third-order valence-corrected chi connectivity index (χ3v) is 9.02. The molecule has 0 bridgehead atoms. The monoisotopic (exact) mass is 498 g/mol. The second-order valence-electron chi connectivity index (χ2n) is 8.92. The van der Waals surface area contributed by atoms with E-state index in [1.54, 1.807) is 25.1 Å². The molecule has 1 fully saturated rings. The molecule has 1 saturated heterocycles. The number of aromatic nitrogens is 3. The number of benzene rings is 2. The van der Waals surface area contributed by atoms with Crippen molar-refractivity contribution in [3.63, 3.8) is 0 Å². The van der Waals surface area contributed by atoms with Crippen LogP contribution in [0, 0.1) is 20.8 Å². The fourth-order valence-electron chi connectivity index (χ4n) is 4.48. The molecule has 8 nitrogen and oxygen atoms in total. The van der Waals surface area contributed by atoms with Crippen LogP contribution in [0.1, 0.15) is 35.1 Å². The summed E-state index contributed by atoms with van der Waals surface area (Å²) in [5.41, 5.74) is 4.51. The van der Waals surface area contributed by atoms with Crippen molar-refractivity contribution in [2.45, 2.75) is 51.2 Å².